The van der Waals surface area contributed by atoms with Crippen LogP contribution in [0.3, 0.4) is 0 Å². The van der Waals surface area contributed by atoms with Crippen LogP contribution in [0.15, 0.2) is 24.3 Å². The second-order valence-electron chi connectivity index (χ2n) is 8.28. The minimum absolute atomic E-state index is 0.111. The summed E-state index contributed by atoms with van der Waals surface area (Å²) >= 11 is 0. The van der Waals surface area contributed by atoms with E-state index in [4.69, 9.17) is 4.74 Å². The van der Waals surface area contributed by atoms with E-state index >= 15 is 0 Å². The summed E-state index contributed by atoms with van der Waals surface area (Å²) in [6.07, 6.45) is 0.998. The lowest BCUT2D eigenvalue weighted by Crippen LogP contribution is -2.51. The van der Waals surface area contributed by atoms with Crippen molar-refractivity contribution in [3.8, 4) is 0 Å². The average Bonchev–Trinajstić information content (AvgIpc) is 2.37. The minimum Gasteiger partial charge on any atom is -0.443 e. The Kier molecular flexibility index (Phi) is 5.50. The van der Waals surface area contributed by atoms with E-state index in [1.807, 2.05) is 0 Å². The molecule has 0 bridgehead atoms. The van der Waals surface area contributed by atoms with Crippen LogP contribution in [0.1, 0.15) is 61.3 Å². The van der Waals surface area contributed by atoms with Crippen molar-refractivity contribution >= 4 is 12.0 Å². The lowest BCUT2D eigenvalue weighted by Gasteiger charge is -2.45. The predicted octanol–water partition coefficient (Wildman–Crippen LogP) is 4.71. The summed E-state index contributed by atoms with van der Waals surface area (Å²) in [4.78, 5) is 26.4. The molecule has 0 N–H and O–H groups in total. The Labute approximate surface area is 140 Å². The van der Waals surface area contributed by atoms with E-state index in [9.17, 15) is 9.59 Å². The third kappa shape index (κ3) is 4.46. The molecule has 23 heavy (non-hydrogen) atoms. The molecule has 2 atom stereocenters. The zero-order chi connectivity index (χ0) is 18.2. The molecule has 0 spiro atoms. The molecule has 0 aromatic rings. The Morgan fingerprint density at radius 1 is 1.30 bits per heavy atom. The molecule has 0 saturated heterocycles. The van der Waals surface area contributed by atoms with Crippen LogP contribution in [-0.4, -0.2) is 28.5 Å². The maximum absolute atomic E-state index is 12.6. The third-order valence-electron chi connectivity index (χ3n) is 4.70. The Morgan fingerprint density at radius 3 is 2.26 bits per heavy atom. The van der Waals surface area contributed by atoms with Gasteiger partial charge in [-0.3, -0.25) is 4.79 Å². The van der Waals surface area contributed by atoms with Crippen molar-refractivity contribution < 1.29 is 14.3 Å². The topological polar surface area (TPSA) is 46.6 Å². The SMILES string of the molecule is C=C(C)C(=O)N(C(=O)OC(C)(C)C)C1CCC(C)(C)C(C)C1=C. The lowest BCUT2D eigenvalue weighted by molar-refractivity contribution is -0.128. The van der Waals surface area contributed by atoms with Crippen LogP contribution in [0, 0.1) is 11.3 Å². The zero-order valence-electron chi connectivity index (χ0n) is 15.7. The number of ether oxygens (including phenoxy) is 1. The molecular weight excluding hydrogens is 290 g/mol. The van der Waals surface area contributed by atoms with Gasteiger partial charge in [-0.15, -0.1) is 0 Å². The highest BCUT2D eigenvalue weighted by molar-refractivity contribution is 6.02. The second kappa shape index (κ2) is 6.50. The van der Waals surface area contributed by atoms with Crippen LogP contribution in [0.5, 0.6) is 0 Å². The Balaban J connectivity index is 3.16. The first-order valence-electron chi connectivity index (χ1n) is 8.18. The van der Waals surface area contributed by atoms with Gasteiger partial charge in [-0.25, -0.2) is 9.69 Å². The van der Waals surface area contributed by atoms with Crippen LogP contribution in [-0.2, 0) is 9.53 Å². The van der Waals surface area contributed by atoms with Gasteiger partial charge in [0.2, 0.25) is 0 Å². The predicted molar refractivity (Wildman–Crippen MR) is 93.0 cm³/mol. The number of carbonyl (C=O) groups is 2. The van der Waals surface area contributed by atoms with Crippen molar-refractivity contribution in [3.05, 3.63) is 24.3 Å². The standard InChI is InChI=1S/C19H31NO3/c1-12(2)16(21)20(17(22)23-18(5,6)7)15-10-11-19(8,9)14(4)13(15)3/h14-15H,1,3,10-11H2,2,4-9H3. The molecule has 1 saturated carbocycles. The number of hydrogen-bond acceptors (Lipinski definition) is 3. The molecule has 0 aromatic heterocycles. The fourth-order valence-electron chi connectivity index (χ4n) is 2.86. The molecule has 0 aliphatic heterocycles. The van der Waals surface area contributed by atoms with Gasteiger partial charge in [-0.05, 0) is 51.9 Å². The molecule has 1 aliphatic carbocycles. The van der Waals surface area contributed by atoms with Crippen molar-refractivity contribution in [1.82, 2.24) is 4.90 Å². The summed E-state index contributed by atoms with van der Waals surface area (Å²) < 4.78 is 5.44. The van der Waals surface area contributed by atoms with Crippen molar-refractivity contribution in [1.29, 1.82) is 0 Å². The average molecular weight is 321 g/mol. The van der Waals surface area contributed by atoms with E-state index in [0.717, 1.165) is 12.0 Å². The van der Waals surface area contributed by atoms with Gasteiger partial charge in [0.15, 0.2) is 0 Å². The van der Waals surface area contributed by atoms with Gasteiger partial charge >= 0.3 is 6.09 Å². The first-order valence-corrected chi connectivity index (χ1v) is 8.18. The van der Waals surface area contributed by atoms with Crippen LogP contribution in [0.25, 0.3) is 0 Å². The fraction of sp³-hybridized carbons (Fsp3) is 0.684. The van der Waals surface area contributed by atoms with E-state index in [2.05, 4.69) is 33.9 Å². The van der Waals surface area contributed by atoms with E-state index in [0.29, 0.717) is 12.0 Å². The van der Waals surface area contributed by atoms with Gasteiger partial charge in [0.05, 0.1) is 6.04 Å². The Bertz CT molecular complexity index is 525. The maximum Gasteiger partial charge on any atom is 0.417 e. The molecule has 4 nitrogen and oxygen atoms in total. The Hall–Kier alpha value is -1.58. The zero-order valence-corrected chi connectivity index (χ0v) is 15.7. The molecule has 1 fully saturated rings. The highest BCUT2D eigenvalue weighted by Gasteiger charge is 2.43. The highest BCUT2D eigenvalue weighted by Crippen LogP contribution is 2.44. The molecule has 1 aliphatic rings. The molecule has 2 unspecified atom stereocenters. The van der Waals surface area contributed by atoms with Crippen molar-refractivity contribution in [2.75, 3.05) is 0 Å². The van der Waals surface area contributed by atoms with Gasteiger partial charge in [-0.2, -0.15) is 0 Å². The quantitative estimate of drug-likeness (QED) is 0.547. The number of carbonyl (C=O) groups excluding carboxylic acids is 2. The summed E-state index contributed by atoms with van der Waals surface area (Å²) in [7, 11) is 0. The maximum atomic E-state index is 12.6. The lowest BCUT2D eigenvalue weighted by atomic mass is 9.65. The summed E-state index contributed by atoms with van der Waals surface area (Å²) in [5, 5.41) is 0. The van der Waals surface area contributed by atoms with Gasteiger partial charge in [-0.1, -0.05) is 39.5 Å². The molecule has 2 amide bonds. The fourth-order valence-corrected chi connectivity index (χ4v) is 2.86. The van der Waals surface area contributed by atoms with E-state index in [1.54, 1.807) is 27.7 Å². The minimum atomic E-state index is -0.661. The van der Waals surface area contributed by atoms with E-state index in [-0.39, 0.29) is 17.4 Å². The van der Waals surface area contributed by atoms with Crippen LogP contribution in [0.2, 0.25) is 0 Å². The summed E-state index contributed by atoms with van der Waals surface area (Å²) in [6.45, 7) is 21.3. The van der Waals surface area contributed by atoms with Crippen LogP contribution in [0.4, 0.5) is 4.79 Å². The number of imide groups is 1. The van der Waals surface area contributed by atoms with Gasteiger partial charge in [0.1, 0.15) is 5.60 Å². The number of hydrogen-bond donors (Lipinski definition) is 0. The van der Waals surface area contributed by atoms with Crippen molar-refractivity contribution in [2.45, 2.75) is 73.0 Å². The van der Waals surface area contributed by atoms with Gasteiger partial charge in [0.25, 0.3) is 5.91 Å². The Morgan fingerprint density at radius 2 is 1.83 bits per heavy atom. The van der Waals surface area contributed by atoms with Crippen LogP contribution >= 0.6 is 0 Å². The molecule has 0 heterocycles. The molecular formula is C19H31NO3. The second-order valence-corrected chi connectivity index (χ2v) is 8.28. The van der Waals surface area contributed by atoms with E-state index in [1.165, 1.54) is 4.90 Å². The van der Waals surface area contributed by atoms with Gasteiger partial charge < -0.3 is 4.74 Å². The summed E-state index contributed by atoms with van der Waals surface area (Å²) in [6, 6.07) is -0.336. The van der Waals surface area contributed by atoms with Gasteiger partial charge in [0, 0.05) is 5.57 Å². The van der Waals surface area contributed by atoms with Crippen LogP contribution < -0.4 is 0 Å². The third-order valence-corrected chi connectivity index (χ3v) is 4.70. The number of rotatable bonds is 2. The first kappa shape index (κ1) is 19.5. The van der Waals surface area contributed by atoms with Crippen molar-refractivity contribution in [2.24, 2.45) is 11.3 Å². The normalized spacial score (nSPS) is 24.0. The first-order chi connectivity index (χ1) is 10.3. The molecule has 130 valence electrons. The summed E-state index contributed by atoms with van der Waals surface area (Å²) in [5.74, 6) is -0.179. The largest absolute Gasteiger partial charge is 0.443 e. The molecule has 0 radical (unpaired) electrons. The van der Waals surface area contributed by atoms with E-state index < -0.39 is 17.6 Å². The monoisotopic (exact) mass is 321 g/mol. The smallest absolute Gasteiger partial charge is 0.417 e. The number of nitrogens with zero attached hydrogens (tertiary/aromatic N) is 1. The molecule has 1 rings (SSSR count). The summed E-state index contributed by atoms with van der Waals surface area (Å²) in [5.41, 5.74) is 0.674. The number of amides is 2. The molecule has 4 heteroatoms. The molecule has 0 aromatic carbocycles. The van der Waals surface area contributed by atoms with Crippen molar-refractivity contribution in [3.63, 3.8) is 0 Å². The highest BCUT2D eigenvalue weighted by atomic mass is 16.6.